The second kappa shape index (κ2) is 9.06. The first-order chi connectivity index (χ1) is 16.2. The largest absolute Gasteiger partial charge is 0.480 e. The first kappa shape index (κ1) is 23.7. The molecule has 1 N–H and O–H groups in total. The van der Waals surface area contributed by atoms with Crippen LogP contribution < -0.4 is 11.2 Å². The minimum Gasteiger partial charge on any atom is -0.480 e. The Labute approximate surface area is 200 Å². The fraction of sp³-hybridized carbons (Fsp3) is 0.360. The molecule has 0 atom stereocenters. The molecule has 0 unspecified atom stereocenters. The minimum atomic E-state index is -1.57. The van der Waals surface area contributed by atoms with E-state index in [4.69, 9.17) is 4.42 Å². The number of oxazole rings is 1. The molecule has 0 aliphatic heterocycles. The first-order valence-corrected chi connectivity index (χ1v) is 12.0. The molecule has 0 fully saturated rings. The van der Waals surface area contributed by atoms with E-state index in [9.17, 15) is 19.5 Å². The third-order valence-electron chi connectivity index (χ3n) is 6.16. The van der Waals surface area contributed by atoms with E-state index in [1.807, 2.05) is 18.2 Å². The first-order valence-electron chi connectivity index (χ1n) is 11.2. The predicted octanol–water partition coefficient (Wildman–Crippen LogP) is 4.20. The van der Waals surface area contributed by atoms with E-state index >= 15 is 0 Å². The standard InChI is InChI=1S/C25H27N3O5S/c1-5-8-16-9-6-7-10-17(16)11-13-27-21(29)18-15(2)19(20-26-12-14-33-20)34-22(18)28(24(27)32)25(3,4)23(30)31/h6-7,9-10,12,14H,5,8,11,13H2,1-4H3,(H,30,31). The molecule has 0 amide bonds. The molecule has 0 bridgehead atoms. The molecule has 3 heterocycles. The number of hydrogen-bond acceptors (Lipinski definition) is 6. The van der Waals surface area contributed by atoms with Gasteiger partial charge in [0.2, 0.25) is 5.89 Å². The molecule has 0 radical (unpaired) electrons. The second-order valence-corrected chi connectivity index (χ2v) is 9.78. The lowest BCUT2D eigenvalue weighted by Crippen LogP contribution is -2.49. The van der Waals surface area contributed by atoms with Crippen molar-refractivity contribution in [3.63, 3.8) is 0 Å². The fourth-order valence-electron chi connectivity index (χ4n) is 4.21. The van der Waals surface area contributed by atoms with Crippen molar-refractivity contribution >= 4 is 27.5 Å². The Balaban J connectivity index is 1.95. The summed E-state index contributed by atoms with van der Waals surface area (Å²) in [6.07, 6.45) is 5.31. The van der Waals surface area contributed by atoms with Gasteiger partial charge in [-0.25, -0.2) is 14.6 Å². The molecule has 4 rings (SSSR count). The van der Waals surface area contributed by atoms with Crippen molar-refractivity contribution in [3.8, 4) is 10.8 Å². The number of thiophene rings is 1. The van der Waals surface area contributed by atoms with Gasteiger partial charge in [0.15, 0.2) is 0 Å². The van der Waals surface area contributed by atoms with Gasteiger partial charge in [-0.15, -0.1) is 11.3 Å². The zero-order valence-corrected chi connectivity index (χ0v) is 20.4. The van der Waals surface area contributed by atoms with E-state index in [0.29, 0.717) is 33.0 Å². The number of carbonyl (C=O) groups is 1. The monoisotopic (exact) mass is 481 g/mol. The molecule has 8 nitrogen and oxygen atoms in total. The number of aliphatic carboxylic acids is 1. The highest BCUT2D eigenvalue weighted by Gasteiger charge is 2.35. The van der Waals surface area contributed by atoms with E-state index < -0.39 is 22.8 Å². The molecule has 0 spiro atoms. The van der Waals surface area contributed by atoms with E-state index in [-0.39, 0.29) is 6.54 Å². The number of carboxylic acid groups (broad SMARTS) is 1. The van der Waals surface area contributed by atoms with Gasteiger partial charge in [0.1, 0.15) is 16.6 Å². The molecule has 1 aromatic carbocycles. The van der Waals surface area contributed by atoms with Crippen LogP contribution in [0.1, 0.15) is 43.9 Å². The van der Waals surface area contributed by atoms with Gasteiger partial charge in [-0.05, 0) is 50.3 Å². The molecular weight excluding hydrogens is 454 g/mol. The molecule has 34 heavy (non-hydrogen) atoms. The Morgan fingerprint density at radius 2 is 1.85 bits per heavy atom. The Morgan fingerprint density at radius 3 is 2.44 bits per heavy atom. The number of fused-ring (bicyclic) bond motifs is 1. The lowest BCUT2D eigenvalue weighted by molar-refractivity contribution is -0.145. The maximum absolute atomic E-state index is 13.6. The van der Waals surface area contributed by atoms with E-state index in [0.717, 1.165) is 34.3 Å². The van der Waals surface area contributed by atoms with Gasteiger partial charge in [-0.1, -0.05) is 37.6 Å². The normalized spacial score (nSPS) is 11.9. The van der Waals surface area contributed by atoms with Crippen LogP contribution in [-0.4, -0.2) is 25.2 Å². The number of hydrogen-bond donors (Lipinski definition) is 1. The molecule has 0 saturated heterocycles. The summed E-state index contributed by atoms with van der Waals surface area (Å²) in [6.45, 7) is 6.94. The smallest absolute Gasteiger partial charge is 0.333 e. The van der Waals surface area contributed by atoms with Crippen LogP contribution in [0.5, 0.6) is 0 Å². The molecule has 178 valence electrons. The zero-order valence-electron chi connectivity index (χ0n) is 19.6. The molecular formula is C25H27N3O5S. The minimum absolute atomic E-state index is 0.146. The van der Waals surface area contributed by atoms with Gasteiger partial charge in [-0.3, -0.25) is 13.9 Å². The number of carboxylic acids is 1. The second-order valence-electron chi connectivity index (χ2n) is 8.78. The Morgan fingerprint density at radius 1 is 1.18 bits per heavy atom. The summed E-state index contributed by atoms with van der Waals surface area (Å²) in [5.41, 5.74) is 0.221. The third kappa shape index (κ3) is 3.90. The lowest BCUT2D eigenvalue weighted by atomic mass is 10.0. The van der Waals surface area contributed by atoms with Crippen molar-refractivity contribution in [1.82, 2.24) is 14.1 Å². The van der Waals surface area contributed by atoms with Gasteiger partial charge in [0.05, 0.1) is 16.5 Å². The van der Waals surface area contributed by atoms with Crippen molar-refractivity contribution in [2.75, 3.05) is 0 Å². The van der Waals surface area contributed by atoms with Crippen LogP contribution in [0, 0.1) is 6.92 Å². The Hall–Kier alpha value is -3.46. The van der Waals surface area contributed by atoms with Crippen molar-refractivity contribution in [1.29, 1.82) is 0 Å². The maximum atomic E-state index is 13.6. The van der Waals surface area contributed by atoms with E-state index in [1.54, 1.807) is 6.92 Å². The molecule has 0 saturated carbocycles. The van der Waals surface area contributed by atoms with Crippen molar-refractivity contribution < 1.29 is 14.3 Å². The van der Waals surface area contributed by atoms with Crippen LogP contribution in [0.4, 0.5) is 0 Å². The van der Waals surface area contributed by atoms with Gasteiger partial charge in [0, 0.05) is 6.54 Å². The highest BCUT2D eigenvalue weighted by molar-refractivity contribution is 7.22. The number of nitrogens with zero attached hydrogens (tertiary/aromatic N) is 3. The van der Waals surface area contributed by atoms with Gasteiger partial charge in [-0.2, -0.15) is 0 Å². The molecule has 0 aliphatic carbocycles. The SMILES string of the molecule is CCCc1ccccc1CCn1c(=O)c2c(C)c(-c3ncco3)sc2n(C(C)(C)C(=O)O)c1=O. The van der Waals surface area contributed by atoms with E-state index in [1.165, 1.54) is 36.4 Å². The lowest BCUT2D eigenvalue weighted by Gasteiger charge is -2.24. The number of benzene rings is 1. The Kier molecular flexibility index (Phi) is 6.31. The highest BCUT2D eigenvalue weighted by atomic mass is 32.1. The summed E-state index contributed by atoms with van der Waals surface area (Å²) in [6, 6.07) is 7.99. The van der Waals surface area contributed by atoms with Crippen molar-refractivity contribution in [3.05, 3.63) is 74.3 Å². The third-order valence-corrected chi connectivity index (χ3v) is 7.43. The highest BCUT2D eigenvalue weighted by Crippen LogP contribution is 2.37. The fourth-order valence-corrected chi connectivity index (χ4v) is 5.59. The Bertz CT molecular complexity index is 1470. The van der Waals surface area contributed by atoms with Crippen LogP contribution in [0.25, 0.3) is 21.0 Å². The summed E-state index contributed by atoms with van der Waals surface area (Å²) in [5.74, 6) is -0.844. The molecule has 3 aromatic heterocycles. The van der Waals surface area contributed by atoms with Crippen LogP contribution in [0.2, 0.25) is 0 Å². The van der Waals surface area contributed by atoms with Crippen LogP contribution in [0.15, 0.2) is 50.7 Å². The zero-order chi connectivity index (χ0) is 24.6. The number of aromatic nitrogens is 3. The van der Waals surface area contributed by atoms with Crippen molar-refractivity contribution in [2.45, 2.75) is 59.0 Å². The topological polar surface area (TPSA) is 107 Å². The number of aryl methyl sites for hydroxylation is 3. The van der Waals surface area contributed by atoms with Crippen LogP contribution >= 0.6 is 11.3 Å². The summed E-state index contributed by atoms with van der Waals surface area (Å²) in [7, 11) is 0. The predicted molar refractivity (Wildman–Crippen MR) is 132 cm³/mol. The molecule has 0 aliphatic rings. The average molecular weight is 482 g/mol. The summed E-state index contributed by atoms with van der Waals surface area (Å²) >= 11 is 1.14. The average Bonchev–Trinajstić information content (AvgIpc) is 3.43. The molecule has 4 aromatic rings. The number of rotatable bonds is 8. The van der Waals surface area contributed by atoms with Gasteiger partial charge >= 0.3 is 11.7 Å². The van der Waals surface area contributed by atoms with Gasteiger partial charge < -0.3 is 9.52 Å². The summed E-state index contributed by atoms with van der Waals surface area (Å²) in [4.78, 5) is 44.4. The summed E-state index contributed by atoms with van der Waals surface area (Å²) in [5, 5.41) is 10.2. The molecule has 9 heteroatoms. The maximum Gasteiger partial charge on any atom is 0.333 e. The van der Waals surface area contributed by atoms with Crippen LogP contribution in [-0.2, 0) is 29.7 Å². The quantitative estimate of drug-likeness (QED) is 0.404. The van der Waals surface area contributed by atoms with Crippen molar-refractivity contribution in [2.24, 2.45) is 0 Å². The summed E-state index contributed by atoms with van der Waals surface area (Å²) < 4.78 is 7.81. The van der Waals surface area contributed by atoms with Crippen LogP contribution in [0.3, 0.4) is 0 Å². The van der Waals surface area contributed by atoms with E-state index in [2.05, 4.69) is 18.0 Å². The van der Waals surface area contributed by atoms with Gasteiger partial charge in [0.25, 0.3) is 5.56 Å².